The molecule has 5 heteroatoms. The van der Waals surface area contributed by atoms with Crippen LogP contribution in [-0.4, -0.2) is 27.5 Å². The molecule has 84 valence electrons. The lowest BCUT2D eigenvalue weighted by Crippen LogP contribution is -2.26. The fraction of sp³-hybridized carbons (Fsp3) is 0.455. The zero-order valence-corrected chi connectivity index (χ0v) is 9.61. The van der Waals surface area contributed by atoms with Gasteiger partial charge in [-0.1, -0.05) is 11.6 Å². The van der Waals surface area contributed by atoms with E-state index in [1.165, 1.54) is 0 Å². The summed E-state index contributed by atoms with van der Waals surface area (Å²) < 4.78 is 1.89. The van der Waals surface area contributed by atoms with Crippen LogP contribution in [0.5, 0.6) is 0 Å². The number of halogens is 1. The van der Waals surface area contributed by atoms with Crippen molar-refractivity contribution in [1.29, 1.82) is 0 Å². The molecule has 2 aromatic rings. The summed E-state index contributed by atoms with van der Waals surface area (Å²) in [5.74, 6) is 0.480. The van der Waals surface area contributed by atoms with E-state index in [1.54, 1.807) is 12.4 Å². The van der Waals surface area contributed by atoms with Gasteiger partial charge in [-0.05, 0) is 25.9 Å². The summed E-state index contributed by atoms with van der Waals surface area (Å²) in [6, 6.07) is 0. The zero-order valence-electron chi connectivity index (χ0n) is 8.86. The highest BCUT2D eigenvalue weighted by atomic mass is 35.5. The monoisotopic (exact) mass is 236 g/mol. The molecule has 4 nitrogen and oxygen atoms in total. The highest BCUT2D eigenvalue weighted by molar-refractivity contribution is 6.30. The Kier molecular flexibility index (Phi) is 2.53. The minimum atomic E-state index is 0.480. The molecule has 2 aromatic heterocycles. The molecule has 0 radical (unpaired) electrons. The lowest BCUT2D eigenvalue weighted by molar-refractivity contribution is 0.454. The van der Waals surface area contributed by atoms with Crippen LogP contribution in [0.2, 0.25) is 5.15 Å². The van der Waals surface area contributed by atoms with Gasteiger partial charge in [-0.25, -0.2) is 4.98 Å². The molecule has 3 heterocycles. The maximum absolute atomic E-state index is 6.34. The van der Waals surface area contributed by atoms with Gasteiger partial charge >= 0.3 is 0 Å². The third-order valence-electron chi connectivity index (χ3n) is 3.12. The van der Waals surface area contributed by atoms with E-state index < -0.39 is 0 Å². The quantitative estimate of drug-likeness (QED) is 0.822. The van der Waals surface area contributed by atoms with E-state index in [0.29, 0.717) is 5.92 Å². The summed E-state index contributed by atoms with van der Waals surface area (Å²) in [4.78, 5) is 8.63. The van der Waals surface area contributed by atoms with Crippen LogP contribution in [0.25, 0.3) is 5.65 Å². The summed E-state index contributed by atoms with van der Waals surface area (Å²) in [5, 5.41) is 4.09. The predicted octanol–water partition coefficient (Wildman–Crippen LogP) is 1.85. The van der Waals surface area contributed by atoms with Crippen LogP contribution in [0.1, 0.15) is 24.5 Å². The van der Waals surface area contributed by atoms with E-state index in [2.05, 4.69) is 15.3 Å². The Morgan fingerprint density at radius 3 is 2.94 bits per heavy atom. The fourth-order valence-electron chi connectivity index (χ4n) is 2.25. The third-order valence-corrected chi connectivity index (χ3v) is 3.50. The first-order chi connectivity index (χ1) is 7.86. The second kappa shape index (κ2) is 4.03. The topological polar surface area (TPSA) is 42.2 Å². The first-order valence-electron chi connectivity index (χ1n) is 5.54. The number of rotatable bonds is 1. The SMILES string of the molecule is Clc1c(C2CCNCC2)nc2cnccn12. The highest BCUT2D eigenvalue weighted by Crippen LogP contribution is 2.30. The van der Waals surface area contributed by atoms with E-state index in [1.807, 2.05) is 10.6 Å². The second-order valence-electron chi connectivity index (χ2n) is 4.12. The Morgan fingerprint density at radius 2 is 2.19 bits per heavy atom. The molecular weight excluding hydrogens is 224 g/mol. The molecule has 0 aliphatic carbocycles. The molecule has 0 aromatic carbocycles. The summed E-state index contributed by atoms with van der Waals surface area (Å²) in [5.41, 5.74) is 1.86. The van der Waals surface area contributed by atoms with Crippen LogP contribution in [0.15, 0.2) is 18.6 Å². The Bertz CT molecular complexity index is 502. The molecule has 0 unspecified atom stereocenters. The van der Waals surface area contributed by atoms with Crippen molar-refractivity contribution in [2.24, 2.45) is 0 Å². The zero-order chi connectivity index (χ0) is 11.0. The normalized spacial score (nSPS) is 18.1. The fourth-order valence-corrected chi connectivity index (χ4v) is 2.59. The minimum Gasteiger partial charge on any atom is -0.317 e. The van der Waals surface area contributed by atoms with Gasteiger partial charge in [-0.3, -0.25) is 9.38 Å². The smallest absolute Gasteiger partial charge is 0.156 e. The maximum atomic E-state index is 6.34. The van der Waals surface area contributed by atoms with Crippen LogP contribution < -0.4 is 5.32 Å². The minimum absolute atomic E-state index is 0.480. The van der Waals surface area contributed by atoms with Gasteiger partial charge in [0, 0.05) is 18.3 Å². The third kappa shape index (κ3) is 1.58. The standard InChI is InChI=1S/C11H13ClN4/c12-11-10(8-1-3-13-4-2-8)15-9-7-14-5-6-16(9)11/h5-8,13H,1-4H2. The average Bonchev–Trinajstić information content (AvgIpc) is 2.69. The lowest BCUT2D eigenvalue weighted by atomic mass is 9.95. The van der Waals surface area contributed by atoms with E-state index >= 15 is 0 Å². The first kappa shape index (κ1) is 10.1. The second-order valence-corrected chi connectivity index (χ2v) is 4.47. The molecule has 0 saturated carbocycles. The van der Waals surface area contributed by atoms with Gasteiger partial charge in [0.15, 0.2) is 5.65 Å². The molecule has 3 rings (SSSR count). The molecule has 1 N–H and O–H groups in total. The van der Waals surface area contributed by atoms with Gasteiger partial charge in [0.1, 0.15) is 5.15 Å². The van der Waals surface area contributed by atoms with Crippen molar-refractivity contribution in [1.82, 2.24) is 19.7 Å². The van der Waals surface area contributed by atoms with Crippen LogP contribution in [0.3, 0.4) is 0 Å². The number of piperidine rings is 1. The van der Waals surface area contributed by atoms with Crippen molar-refractivity contribution in [2.75, 3.05) is 13.1 Å². The van der Waals surface area contributed by atoms with Crippen LogP contribution in [0, 0.1) is 0 Å². The molecule has 1 aliphatic rings. The van der Waals surface area contributed by atoms with Crippen LogP contribution in [0.4, 0.5) is 0 Å². The van der Waals surface area contributed by atoms with Crippen molar-refractivity contribution in [3.63, 3.8) is 0 Å². The summed E-state index contributed by atoms with van der Waals surface area (Å²) >= 11 is 6.34. The first-order valence-corrected chi connectivity index (χ1v) is 5.92. The van der Waals surface area contributed by atoms with Crippen LogP contribution in [-0.2, 0) is 0 Å². The Balaban J connectivity index is 2.05. The van der Waals surface area contributed by atoms with Crippen molar-refractivity contribution >= 4 is 17.2 Å². The molecule has 1 saturated heterocycles. The Labute approximate surface area is 98.7 Å². The lowest BCUT2D eigenvalue weighted by Gasteiger charge is -2.20. The summed E-state index contributed by atoms with van der Waals surface area (Å²) in [6.07, 6.45) is 7.55. The van der Waals surface area contributed by atoms with Crippen molar-refractivity contribution < 1.29 is 0 Å². The predicted molar refractivity (Wildman–Crippen MR) is 62.8 cm³/mol. The number of aromatic nitrogens is 3. The average molecular weight is 237 g/mol. The molecule has 0 atom stereocenters. The van der Waals surface area contributed by atoms with Gasteiger partial charge in [-0.15, -0.1) is 0 Å². The highest BCUT2D eigenvalue weighted by Gasteiger charge is 2.21. The Morgan fingerprint density at radius 1 is 1.38 bits per heavy atom. The molecule has 0 bridgehead atoms. The van der Waals surface area contributed by atoms with E-state index in [4.69, 9.17) is 11.6 Å². The molecule has 1 fully saturated rings. The molecule has 1 aliphatic heterocycles. The van der Waals surface area contributed by atoms with Gasteiger partial charge < -0.3 is 5.32 Å². The number of hydrogen-bond donors (Lipinski definition) is 1. The number of nitrogens with zero attached hydrogens (tertiary/aromatic N) is 3. The Hall–Kier alpha value is -1.13. The van der Waals surface area contributed by atoms with Gasteiger partial charge in [-0.2, -0.15) is 0 Å². The summed E-state index contributed by atoms with van der Waals surface area (Å²) in [6.45, 7) is 2.10. The summed E-state index contributed by atoms with van der Waals surface area (Å²) in [7, 11) is 0. The number of nitrogens with one attached hydrogen (secondary N) is 1. The number of fused-ring (bicyclic) bond motifs is 1. The van der Waals surface area contributed by atoms with Gasteiger partial charge in [0.05, 0.1) is 11.9 Å². The van der Waals surface area contributed by atoms with Crippen molar-refractivity contribution in [3.8, 4) is 0 Å². The number of imidazole rings is 1. The van der Waals surface area contributed by atoms with Gasteiger partial charge in [0.25, 0.3) is 0 Å². The molecule has 16 heavy (non-hydrogen) atoms. The van der Waals surface area contributed by atoms with Crippen molar-refractivity contribution in [3.05, 3.63) is 29.4 Å². The number of hydrogen-bond acceptors (Lipinski definition) is 3. The van der Waals surface area contributed by atoms with Gasteiger partial charge in [0.2, 0.25) is 0 Å². The van der Waals surface area contributed by atoms with Crippen LogP contribution >= 0.6 is 11.6 Å². The van der Waals surface area contributed by atoms with E-state index in [0.717, 1.165) is 42.4 Å². The van der Waals surface area contributed by atoms with E-state index in [-0.39, 0.29) is 0 Å². The maximum Gasteiger partial charge on any atom is 0.156 e. The molecular formula is C11H13ClN4. The van der Waals surface area contributed by atoms with E-state index in [9.17, 15) is 0 Å². The molecule has 0 spiro atoms. The molecule has 0 amide bonds. The van der Waals surface area contributed by atoms with Crippen molar-refractivity contribution in [2.45, 2.75) is 18.8 Å². The largest absolute Gasteiger partial charge is 0.317 e.